The zero-order valence-corrected chi connectivity index (χ0v) is 33.9. The van der Waals surface area contributed by atoms with E-state index in [1.165, 1.54) is 38.5 Å². The summed E-state index contributed by atoms with van der Waals surface area (Å²) in [4.78, 5) is 36.8. The number of carbonyl (C=O) groups excluding carboxylic acids is 2. The first-order chi connectivity index (χ1) is 25.6. The van der Waals surface area contributed by atoms with Crippen molar-refractivity contribution in [3.05, 3.63) is 85.1 Å². The van der Waals surface area contributed by atoms with E-state index in [1.807, 2.05) is 39.4 Å². The van der Waals surface area contributed by atoms with Crippen LogP contribution in [0.25, 0.3) is 0 Å². The smallest absolute Gasteiger partial charge is 0.362 e. The summed E-state index contributed by atoms with van der Waals surface area (Å²) in [5.41, 5.74) is 0. The van der Waals surface area contributed by atoms with Crippen molar-refractivity contribution in [3.8, 4) is 0 Å². The monoisotopic (exact) mass is 741 g/mol. The molecule has 0 rings (SSSR count). The molecule has 0 fully saturated rings. The number of ether oxygens (including phenoxy) is 3. The van der Waals surface area contributed by atoms with E-state index >= 15 is 0 Å². The Labute approximate surface area is 323 Å². The predicted octanol–water partition coefficient (Wildman–Crippen LogP) is 10.6. The van der Waals surface area contributed by atoms with Crippen LogP contribution in [0.4, 0.5) is 0 Å². The summed E-state index contributed by atoms with van der Waals surface area (Å²) in [5, 5.41) is 9.59. The minimum absolute atomic E-state index is 0.00908. The topological polar surface area (TPSA) is 99.1 Å². The molecule has 1 N–H and O–H groups in total. The van der Waals surface area contributed by atoms with Crippen LogP contribution in [0.3, 0.4) is 0 Å². The van der Waals surface area contributed by atoms with Crippen molar-refractivity contribution >= 4 is 17.9 Å². The summed E-state index contributed by atoms with van der Waals surface area (Å²) < 4.78 is 17.1. The maximum atomic E-state index is 12.6. The third-order valence-corrected chi connectivity index (χ3v) is 8.31. The Balaban J connectivity index is 4.62. The fraction of sp³-hybridized carbons (Fsp3) is 0.622. The lowest BCUT2D eigenvalue weighted by molar-refractivity contribution is -0.887. The van der Waals surface area contributed by atoms with Crippen LogP contribution in [-0.4, -0.2) is 80.6 Å². The average molecular weight is 741 g/mol. The number of carbonyl (C=O) groups is 3. The first-order valence-corrected chi connectivity index (χ1v) is 20.1. The molecule has 0 aromatic rings. The molecule has 0 aromatic carbocycles. The van der Waals surface area contributed by atoms with E-state index in [9.17, 15) is 19.5 Å². The maximum Gasteiger partial charge on any atom is 0.362 e. The quantitative estimate of drug-likeness (QED) is 0.0303. The van der Waals surface area contributed by atoms with Crippen molar-refractivity contribution in [2.45, 2.75) is 142 Å². The molecule has 0 amide bonds. The number of hydrogen-bond acceptors (Lipinski definition) is 6. The third kappa shape index (κ3) is 34.1. The molecule has 0 bridgehead atoms. The van der Waals surface area contributed by atoms with E-state index < -0.39 is 24.1 Å². The van der Waals surface area contributed by atoms with Crippen LogP contribution in [0.15, 0.2) is 85.1 Å². The molecule has 2 atom stereocenters. The Morgan fingerprint density at radius 2 is 1.06 bits per heavy atom. The van der Waals surface area contributed by atoms with Gasteiger partial charge in [-0.25, -0.2) is 4.79 Å². The predicted molar refractivity (Wildman–Crippen MR) is 220 cm³/mol. The molecule has 0 aliphatic rings. The Morgan fingerprint density at radius 3 is 1.57 bits per heavy atom. The van der Waals surface area contributed by atoms with Crippen molar-refractivity contribution in [3.63, 3.8) is 0 Å². The molecule has 0 radical (unpaired) electrons. The van der Waals surface area contributed by atoms with Crippen molar-refractivity contribution in [2.75, 3.05) is 41.0 Å². The van der Waals surface area contributed by atoms with Crippen molar-refractivity contribution in [1.82, 2.24) is 0 Å². The first-order valence-electron chi connectivity index (χ1n) is 20.1. The van der Waals surface area contributed by atoms with Gasteiger partial charge in [0.05, 0.1) is 34.4 Å². The van der Waals surface area contributed by atoms with Gasteiger partial charge in [-0.3, -0.25) is 9.59 Å². The highest BCUT2D eigenvalue weighted by molar-refractivity contribution is 5.72. The molecule has 0 saturated heterocycles. The molecule has 53 heavy (non-hydrogen) atoms. The van der Waals surface area contributed by atoms with Crippen molar-refractivity contribution < 1.29 is 38.2 Å². The average Bonchev–Trinajstić information content (AvgIpc) is 3.11. The number of allylic oxidation sites excluding steroid dienone is 14. The molecular formula is C45H74NO7+. The van der Waals surface area contributed by atoms with Gasteiger partial charge in [0.2, 0.25) is 0 Å². The Kier molecular flexibility index (Phi) is 33.2. The number of likely N-dealkylation sites (N-methyl/N-ethyl adjacent to an activating group) is 1. The van der Waals surface area contributed by atoms with Crippen molar-refractivity contribution in [1.29, 1.82) is 0 Å². The van der Waals surface area contributed by atoms with Crippen LogP contribution in [0.1, 0.15) is 129 Å². The summed E-state index contributed by atoms with van der Waals surface area (Å²) in [5.74, 6) is -1.67. The van der Waals surface area contributed by atoms with Gasteiger partial charge in [-0.15, -0.1) is 0 Å². The molecule has 8 heteroatoms. The second kappa shape index (κ2) is 35.5. The highest BCUT2D eigenvalue weighted by atomic mass is 16.6. The normalized spacial score (nSPS) is 13.9. The molecule has 0 aliphatic heterocycles. The zero-order chi connectivity index (χ0) is 39.3. The number of unbranched alkanes of at least 4 members (excludes halogenated alkanes) is 6. The summed E-state index contributed by atoms with van der Waals surface area (Å²) in [6, 6.07) is -0.638. The van der Waals surface area contributed by atoms with E-state index in [2.05, 4.69) is 80.7 Å². The number of hydrogen-bond donors (Lipinski definition) is 1. The van der Waals surface area contributed by atoms with Crippen LogP contribution in [0, 0.1) is 0 Å². The minimum atomic E-state index is -0.897. The molecule has 0 spiro atoms. The lowest BCUT2D eigenvalue weighted by atomic mass is 10.1. The number of quaternary nitrogens is 1. The van der Waals surface area contributed by atoms with Gasteiger partial charge in [0, 0.05) is 19.3 Å². The van der Waals surface area contributed by atoms with Gasteiger partial charge >= 0.3 is 17.9 Å². The highest BCUT2D eigenvalue weighted by Crippen LogP contribution is 2.10. The van der Waals surface area contributed by atoms with Crippen LogP contribution >= 0.6 is 0 Å². The molecule has 300 valence electrons. The molecule has 0 saturated carbocycles. The van der Waals surface area contributed by atoms with Gasteiger partial charge in [0.25, 0.3) is 0 Å². The van der Waals surface area contributed by atoms with Crippen LogP contribution in [0.5, 0.6) is 0 Å². The van der Waals surface area contributed by atoms with Gasteiger partial charge in [0.1, 0.15) is 6.61 Å². The molecule has 0 aliphatic carbocycles. The lowest BCUT2D eigenvalue weighted by Gasteiger charge is -2.31. The minimum Gasteiger partial charge on any atom is -0.477 e. The second-order valence-corrected chi connectivity index (χ2v) is 14.1. The highest BCUT2D eigenvalue weighted by Gasteiger charge is 2.31. The fourth-order valence-corrected chi connectivity index (χ4v) is 5.19. The standard InChI is InChI=1S/C45H73NO7/c1-6-8-10-12-14-16-18-20-21-22-24-26-28-30-32-34-36-44(48)53-41(39-51-38-37-42(45(49)50)46(3,4)5)40-52-43(47)35-33-31-29-27-25-23-19-17-15-13-11-9-7-2/h8,10,14,16,20-21,23-26,29-32,41-42H,6-7,9,11-13,15,17-19,22,27-28,33-40H2,1-5H3/p+1/b10-8+,16-14+,21-20+,25-23+,26-24+,31-29+,32-30+. The fourth-order valence-electron chi connectivity index (χ4n) is 5.19. The van der Waals surface area contributed by atoms with E-state index in [-0.39, 0.29) is 43.1 Å². The summed E-state index contributed by atoms with van der Waals surface area (Å²) in [6.07, 6.45) is 45.2. The molecule has 2 unspecified atom stereocenters. The number of nitrogens with zero attached hydrogens (tertiary/aromatic N) is 1. The van der Waals surface area contributed by atoms with Crippen LogP contribution < -0.4 is 0 Å². The van der Waals surface area contributed by atoms with E-state index in [0.717, 1.165) is 44.9 Å². The van der Waals surface area contributed by atoms with Gasteiger partial charge in [-0.1, -0.05) is 131 Å². The Bertz CT molecular complexity index is 1140. The molecule has 8 nitrogen and oxygen atoms in total. The summed E-state index contributed by atoms with van der Waals surface area (Å²) in [7, 11) is 5.47. The number of rotatable bonds is 34. The number of aliphatic carboxylic acids is 1. The summed E-state index contributed by atoms with van der Waals surface area (Å²) in [6.45, 7) is 4.44. The van der Waals surface area contributed by atoms with Gasteiger partial charge in [-0.05, 0) is 64.2 Å². The molecular weight excluding hydrogens is 666 g/mol. The molecule has 0 aromatic heterocycles. The number of carboxylic acid groups (broad SMARTS) is 1. The SMILES string of the molecule is CC/C=C/C/C=C/C/C=C/C/C=C/C/C=C/CCC(=O)OC(COCCC(C(=O)O)[N+](C)(C)C)COC(=O)CC/C=C/C/C=C/CCCCCCCC. The summed E-state index contributed by atoms with van der Waals surface area (Å²) >= 11 is 0. The zero-order valence-electron chi connectivity index (χ0n) is 33.9. The van der Waals surface area contributed by atoms with E-state index in [0.29, 0.717) is 19.3 Å². The van der Waals surface area contributed by atoms with Gasteiger partial charge in [-0.2, -0.15) is 0 Å². The Morgan fingerprint density at radius 1 is 0.585 bits per heavy atom. The number of carboxylic acids is 1. The largest absolute Gasteiger partial charge is 0.477 e. The van der Waals surface area contributed by atoms with Crippen molar-refractivity contribution in [2.24, 2.45) is 0 Å². The van der Waals surface area contributed by atoms with Crippen LogP contribution in [0.2, 0.25) is 0 Å². The second-order valence-electron chi connectivity index (χ2n) is 14.1. The Hall–Kier alpha value is -3.49. The lowest BCUT2D eigenvalue weighted by Crippen LogP contribution is -2.50. The van der Waals surface area contributed by atoms with Crippen LogP contribution in [-0.2, 0) is 28.6 Å². The maximum absolute atomic E-state index is 12.6. The third-order valence-electron chi connectivity index (χ3n) is 8.31. The molecule has 0 heterocycles. The van der Waals surface area contributed by atoms with Gasteiger partial charge < -0.3 is 23.8 Å². The van der Waals surface area contributed by atoms with E-state index in [4.69, 9.17) is 14.2 Å². The van der Waals surface area contributed by atoms with Gasteiger partial charge in [0.15, 0.2) is 12.1 Å². The first kappa shape index (κ1) is 49.5. The van der Waals surface area contributed by atoms with E-state index in [1.54, 1.807) is 0 Å². The number of esters is 2.